The molecule has 2 fully saturated rings. The van der Waals surface area contributed by atoms with Gasteiger partial charge >= 0.3 is 5.97 Å². The van der Waals surface area contributed by atoms with Crippen molar-refractivity contribution in [1.29, 1.82) is 0 Å². The number of benzene rings is 1. The highest BCUT2D eigenvalue weighted by molar-refractivity contribution is 5.87. The predicted octanol–water partition coefficient (Wildman–Crippen LogP) is 3.91. The van der Waals surface area contributed by atoms with Gasteiger partial charge in [-0.3, -0.25) is 0 Å². The van der Waals surface area contributed by atoms with Gasteiger partial charge in [0.1, 0.15) is 6.61 Å². The molecule has 2 aliphatic heterocycles. The number of oxime groups is 1. The minimum Gasteiger partial charge on any atom is -0.478 e. The Morgan fingerprint density at radius 2 is 2.04 bits per heavy atom. The molecule has 0 saturated carbocycles. The molecule has 1 aromatic carbocycles. The summed E-state index contributed by atoms with van der Waals surface area (Å²) in [6.45, 7) is 2.84. The van der Waals surface area contributed by atoms with Gasteiger partial charge in [-0.2, -0.15) is 0 Å². The lowest BCUT2D eigenvalue weighted by Crippen LogP contribution is -2.30. The van der Waals surface area contributed by atoms with Gasteiger partial charge in [-0.05, 0) is 49.3 Å². The molecule has 0 radical (unpaired) electrons. The second-order valence-corrected chi connectivity index (χ2v) is 7.03. The minimum atomic E-state index is -0.889. The van der Waals surface area contributed by atoms with Crippen molar-refractivity contribution >= 4 is 12.2 Å². The molecule has 2 aliphatic rings. The first-order valence-electron chi connectivity index (χ1n) is 9.32. The maximum atomic E-state index is 11.0. The molecule has 4 unspecified atom stereocenters. The van der Waals surface area contributed by atoms with Crippen LogP contribution in [0.1, 0.15) is 54.9 Å². The maximum absolute atomic E-state index is 11.0. The van der Waals surface area contributed by atoms with Crippen molar-refractivity contribution in [2.24, 2.45) is 17.0 Å². The molecule has 1 aromatic rings. The topological polar surface area (TPSA) is 68.1 Å². The highest BCUT2D eigenvalue weighted by Crippen LogP contribution is 2.44. The van der Waals surface area contributed by atoms with E-state index in [-0.39, 0.29) is 18.1 Å². The Morgan fingerprint density at radius 1 is 1.28 bits per heavy atom. The monoisotopic (exact) mass is 345 g/mol. The van der Waals surface area contributed by atoms with Gasteiger partial charge in [-0.1, -0.05) is 37.1 Å². The summed E-state index contributed by atoms with van der Waals surface area (Å²) < 4.78 is 6.09. The lowest BCUT2D eigenvalue weighted by molar-refractivity contribution is 0.0696. The Labute approximate surface area is 149 Å². The number of unbranched alkanes of at least 4 members (excludes halogenated alkanes) is 2. The van der Waals surface area contributed by atoms with Crippen LogP contribution in [0.2, 0.25) is 0 Å². The van der Waals surface area contributed by atoms with E-state index in [0.29, 0.717) is 18.1 Å². The molecule has 0 aromatic heterocycles. The summed E-state index contributed by atoms with van der Waals surface area (Å²) in [4.78, 5) is 16.4. The first-order chi connectivity index (χ1) is 12.2. The van der Waals surface area contributed by atoms with Crippen LogP contribution in [0.3, 0.4) is 0 Å². The molecule has 0 aliphatic carbocycles. The van der Waals surface area contributed by atoms with E-state index >= 15 is 0 Å². The lowest BCUT2D eigenvalue weighted by atomic mass is 9.77. The molecule has 5 nitrogen and oxygen atoms in total. The molecule has 2 bridgehead atoms. The van der Waals surface area contributed by atoms with Crippen LogP contribution < -0.4 is 0 Å². The number of hydrogen-bond donors (Lipinski definition) is 1. The van der Waals surface area contributed by atoms with E-state index in [0.717, 1.165) is 31.2 Å². The summed E-state index contributed by atoms with van der Waals surface area (Å²) in [5, 5.41) is 13.2. The molecule has 4 atom stereocenters. The van der Waals surface area contributed by atoms with Crippen molar-refractivity contribution in [2.75, 3.05) is 6.61 Å². The van der Waals surface area contributed by atoms with Gasteiger partial charge in [0, 0.05) is 12.1 Å². The highest BCUT2D eigenvalue weighted by atomic mass is 16.6. The zero-order chi connectivity index (χ0) is 17.6. The van der Waals surface area contributed by atoms with Crippen LogP contribution in [0.5, 0.6) is 0 Å². The Hall–Kier alpha value is -1.88. The summed E-state index contributed by atoms with van der Waals surface area (Å²) in [5.74, 6) is -0.221. The molecule has 5 heteroatoms. The number of rotatable bonds is 9. The van der Waals surface area contributed by atoms with Crippen LogP contribution in [0.15, 0.2) is 29.4 Å². The number of carboxylic acids is 1. The predicted molar refractivity (Wildman–Crippen MR) is 95.9 cm³/mol. The molecule has 136 valence electrons. The fourth-order valence-electron chi connectivity index (χ4n) is 3.92. The average Bonchev–Trinajstić information content (AvgIpc) is 3.21. The number of carbonyl (C=O) groups is 1. The van der Waals surface area contributed by atoms with Crippen LogP contribution in [0.25, 0.3) is 0 Å². The Bertz CT molecular complexity index is 598. The number of nitrogens with zero attached hydrogens (tertiary/aromatic N) is 1. The number of hydrogen-bond acceptors (Lipinski definition) is 4. The van der Waals surface area contributed by atoms with E-state index in [1.54, 1.807) is 12.1 Å². The van der Waals surface area contributed by atoms with Gasteiger partial charge in [0.05, 0.1) is 17.8 Å². The van der Waals surface area contributed by atoms with Crippen molar-refractivity contribution < 1.29 is 19.5 Å². The second kappa shape index (κ2) is 8.48. The minimum absolute atomic E-state index is 0.247. The average molecular weight is 345 g/mol. The largest absolute Gasteiger partial charge is 0.478 e. The van der Waals surface area contributed by atoms with Crippen LogP contribution >= 0.6 is 0 Å². The van der Waals surface area contributed by atoms with E-state index in [2.05, 4.69) is 12.1 Å². The summed E-state index contributed by atoms with van der Waals surface area (Å²) >= 11 is 0. The molecule has 2 heterocycles. The summed E-state index contributed by atoms with van der Waals surface area (Å²) in [7, 11) is 0. The summed E-state index contributed by atoms with van der Waals surface area (Å²) in [5.41, 5.74) is 1.47. The summed E-state index contributed by atoms with van der Waals surface area (Å²) in [6, 6.07) is 7.16. The van der Waals surface area contributed by atoms with Crippen molar-refractivity contribution in [2.45, 2.75) is 57.7 Å². The van der Waals surface area contributed by atoms with E-state index in [1.165, 1.54) is 12.8 Å². The van der Waals surface area contributed by atoms with Gasteiger partial charge in [0.25, 0.3) is 0 Å². The van der Waals surface area contributed by atoms with Gasteiger partial charge < -0.3 is 14.7 Å². The van der Waals surface area contributed by atoms with Crippen molar-refractivity contribution in [3.63, 3.8) is 0 Å². The van der Waals surface area contributed by atoms with E-state index < -0.39 is 5.97 Å². The first-order valence-corrected chi connectivity index (χ1v) is 9.32. The maximum Gasteiger partial charge on any atom is 0.335 e. The Balaban J connectivity index is 1.58. The highest BCUT2D eigenvalue weighted by Gasteiger charge is 2.48. The second-order valence-electron chi connectivity index (χ2n) is 7.03. The van der Waals surface area contributed by atoms with E-state index in [9.17, 15) is 4.79 Å². The van der Waals surface area contributed by atoms with Crippen molar-refractivity contribution in [1.82, 2.24) is 0 Å². The van der Waals surface area contributed by atoms with E-state index in [4.69, 9.17) is 14.7 Å². The van der Waals surface area contributed by atoms with Crippen LogP contribution in [-0.2, 0) is 16.0 Å². The molecule has 1 N–H and O–H groups in total. The van der Waals surface area contributed by atoms with Gasteiger partial charge in [0.2, 0.25) is 0 Å². The number of aromatic carboxylic acids is 1. The van der Waals surface area contributed by atoms with Crippen LogP contribution in [-0.4, -0.2) is 36.1 Å². The SMILES string of the molecule is CCCCCO/N=C/C1C2CCC(O2)C1Cc1ccc(C(=O)O)cc1. The molecular weight excluding hydrogens is 318 g/mol. The Kier molecular flexibility index (Phi) is 6.08. The standard InChI is InChI=1S/C20H27NO4/c1-2-3-4-11-24-21-13-17-16(18-9-10-19(17)25-18)12-14-5-7-15(8-6-14)20(22)23/h5-8,13,16-19H,2-4,9-12H2,1H3,(H,22,23)/b21-13+. The molecule has 0 amide bonds. The fraction of sp³-hybridized carbons (Fsp3) is 0.600. The van der Waals surface area contributed by atoms with Crippen molar-refractivity contribution in [3.05, 3.63) is 35.4 Å². The third-order valence-electron chi connectivity index (χ3n) is 5.31. The smallest absolute Gasteiger partial charge is 0.335 e. The van der Waals surface area contributed by atoms with Gasteiger partial charge in [-0.25, -0.2) is 4.79 Å². The third kappa shape index (κ3) is 4.40. The fourth-order valence-corrected chi connectivity index (χ4v) is 3.92. The zero-order valence-corrected chi connectivity index (χ0v) is 14.8. The van der Waals surface area contributed by atoms with E-state index in [1.807, 2.05) is 18.3 Å². The molecular formula is C20H27NO4. The van der Waals surface area contributed by atoms with Gasteiger partial charge in [0.15, 0.2) is 0 Å². The third-order valence-corrected chi connectivity index (χ3v) is 5.31. The normalized spacial score (nSPS) is 27.9. The Morgan fingerprint density at radius 3 is 2.76 bits per heavy atom. The number of fused-ring (bicyclic) bond motifs is 2. The number of carboxylic acid groups (broad SMARTS) is 1. The van der Waals surface area contributed by atoms with Crippen LogP contribution in [0, 0.1) is 11.8 Å². The summed E-state index contributed by atoms with van der Waals surface area (Å²) in [6.07, 6.45) is 8.92. The molecule has 2 saturated heterocycles. The number of ether oxygens (including phenoxy) is 1. The van der Waals surface area contributed by atoms with Crippen molar-refractivity contribution in [3.8, 4) is 0 Å². The lowest BCUT2D eigenvalue weighted by Gasteiger charge is -2.25. The first kappa shape index (κ1) is 17.9. The van der Waals surface area contributed by atoms with Gasteiger partial charge in [-0.15, -0.1) is 0 Å². The molecule has 3 rings (SSSR count). The zero-order valence-electron chi connectivity index (χ0n) is 14.8. The molecule has 0 spiro atoms. The van der Waals surface area contributed by atoms with Crippen LogP contribution in [0.4, 0.5) is 0 Å². The molecule has 25 heavy (non-hydrogen) atoms. The quantitative estimate of drug-likeness (QED) is 0.418.